The van der Waals surface area contributed by atoms with Crippen LogP contribution in [0.15, 0.2) is 81.9 Å². The summed E-state index contributed by atoms with van der Waals surface area (Å²) in [6.45, 7) is 2.63. The first-order chi connectivity index (χ1) is 15.6. The monoisotopic (exact) mass is 511 g/mol. The van der Waals surface area contributed by atoms with Crippen LogP contribution < -0.4 is 9.47 Å². The number of benzene rings is 3. The van der Waals surface area contributed by atoms with E-state index in [9.17, 15) is 4.79 Å². The second-order valence-electron chi connectivity index (χ2n) is 6.89. The number of hydrogen-bond acceptors (Lipinski definition) is 5. The topological polar surface area (TPSA) is 57.1 Å². The van der Waals surface area contributed by atoms with Crippen LogP contribution in [0.4, 0.5) is 0 Å². The molecular weight excluding hydrogens is 494 g/mol. The molecule has 32 heavy (non-hydrogen) atoms. The number of rotatable bonds is 7. The second kappa shape index (κ2) is 10.0. The van der Waals surface area contributed by atoms with E-state index < -0.39 is 5.97 Å². The maximum atomic E-state index is 12.3. The molecule has 0 unspecified atom stereocenters. The van der Waals surface area contributed by atoms with Crippen molar-refractivity contribution in [3.05, 3.63) is 98.5 Å². The van der Waals surface area contributed by atoms with Crippen molar-refractivity contribution in [1.29, 1.82) is 0 Å². The van der Waals surface area contributed by atoms with Crippen molar-refractivity contribution in [2.24, 2.45) is 5.16 Å². The van der Waals surface area contributed by atoms with Gasteiger partial charge < -0.3 is 14.3 Å². The van der Waals surface area contributed by atoms with E-state index in [-0.39, 0.29) is 6.61 Å². The number of halogens is 2. The van der Waals surface area contributed by atoms with Crippen LogP contribution in [0, 0.1) is 0 Å². The zero-order valence-electron chi connectivity index (χ0n) is 17.2. The number of hydrogen-bond donors (Lipinski definition) is 0. The molecule has 0 aliphatic carbocycles. The normalized spacial score (nSPS) is 14.3. The van der Waals surface area contributed by atoms with Crippen molar-refractivity contribution in [1.82, 2.24) is 0 Å². The smallest absolute Gasteiger partial charge is 0.368 e. The van der Waals surface area contributed by atoms with Crippen LogP contribution in [-0.2, 0) is 16.2 Å². The quantitative estimate of drug-likeness (QED) is 0.271. The van der Waals surface area contributed by atoms with Gasteiger partial charge in [-0.1, -0.05) is 65.3 Å². The first-order valence-corrected chi connectivity index (χ1v) is 11.1. The molecule has 0 fully saturated rings. The average Bonchev–Trinajstić information content (AvgIpc) is 3.15. The molecule has 3 aromatic carbocycles. The predicted octanol–water partition coefficient (Wildman–Crippen LogP) is 6.42. The molecule has 4 rings (SSSR count). The van der Waals surface area contributed by atoms with Crippen molar-refractivity contribution in [3.8, 4) is 11.5 Å². The van der Waals surface area contributed by atoms with Gasteiger partial charge in [0.15, 0.2) is 11.5 Å². The summed E-state index contributed by atoms with van der Waals surface area (Å²) in [5.74, 6) is 0.599. The Kier molecular flexibility index (Phi) is 6.93. The molecule has 162 valence electrons. The predicted molar refractivity (Wildman–Crippen MR) is 128 cm³/mol. The minimum Gasteiger partial charge on any atom is -0.490 e. The summed E-state index contributed by atoms with van der Waals surface area (Å²) in [7, 11) is 0. The highest BCUT2D eigenvalue weighted by Gasteiger charge is 2.27. The Bertz CT molecular complexity index is 1210. The highest BCUT2D eigenvalue weighted by molar-refractivity contribution is 9.10. The van der Waals surface area contributed by atoms with Gasteiger partial charge in [-0.15, -0.1) is 0 Å². The molecule has 1 aliphatic rings. The summed E-state index contributed by atoms with van der Waals surface area (Å²) in [5, 5.41) is 4.59. The van der Waals surface area contributed by atoms with Gasteiger partial charge in [-0.05, 0) is 52.7 Å². The first kappa shape index (κ1) is 22.1. The van der Waals surface area contributed by atoms with E-state index in [1.807, 2.05) is 73.7 Å². The Morgan fingerprint density at radius 2 is 1.81 bits per heavy atom. The number of ether oxygens (including phenoxy) is 2. The maximum Gasteiger partial charge on any atom is 0.368 e. The molecule has 0 amide bonds. The van der Waals surface area contributed by atoms with E-state index in [1.54, 1.807) is 6.08 Å². The average molecular weight is 513 g/mol. The Morgan fingerprint density at radius 1 is 1.06 bits per heavy atom. The Hall–Kier alpha value is -3.09. The van der Waals surface area contributed by atoms with Crippen molar-refractivity contribution in [3.63, 3.8) is 0 Å². The summed E-state index contributed by atoms with van der Waals surface area (Å²) >= 11 is 9.81. The highest BCUT2D eigenvalue weighted by Crippen LogP contribution is 2.38. The van der Waals surface area contributed by atoms with Gasteiger partial charge in [0.1, 0.15) is 12.3 Å². The minimum absolute atomic E-state index is 0.288. The van der Waals surface area contributed by atoms with E-state index in [4.69, 9.17) is 25.9 Å². The number of nitrogens with zero attached hydrogens (tertiary/aromatic N) is 1. The number of oxime groups is 1. The SMILES string of the molecule is CCOc1cc(/C=C2\C(=O)ON=C2c2ccccc2)cc(Br)c1OCc1ccccc1Cl. The Labute approximate surface area is 199 Å². The Balaban J connectivity index is 1.66. The standard InChI is InChI=1S/C25H19BrClNO4/c1-2-30-22-14-16(12-19-23(28-32-25(19)29)17-8-4-3-5-9-17)13-20(26)24(22)31-15-18-10-6-7-11-21(18)27/h3-14H,2,15H2,1H3/b19-12-. The fraction of sp³-hybridized carbons (Fsp3) is 0.120. The molecule has 0 atom stereocenters. The lowest BCUT2D eigenvalue weighted by molar-refractivity contribution is -0.136. The molecule has 0 radical (unpaired) electrons. The van der Waals surface area contributed by atoms with Gasteiger partial charge in [-0.3, -0.25) is 0 Å². The number of carbonyl (C=O) groups is 1. The first-order valence-electron chi connectivity index (χ1n) is 9.96. The van der Waals surface area contributed by atoms with Gasteiger partial charge in [0, 0.05) is 16.1 Å². The largest absolute Gasteiger partial charge is 0.490 e. The molecule has 0 bridgehead atoms. The van der Waals surface area contributed by atoms with Gasteiger partial charge in [0.05, 0.1) is 16.7 Å². The summed E-state index contributed by atoms with van der Waals surface area (Å²) < 4.78 is 12.5. The van der Waals surface area contributed by atoms with Crippen molar-refractivity contribution < 1.29 is 19.1 Å². The van der Waals surface area contributed by atoms with Gasteiger partial charge in [-0.2, -0.15) is 0 Å². The lowest BCUT2D eigenvalue weighted by Crippen LogP contribution is -2.07. The third-order valence-electron chi connectivity index (χ3n) is 4.71. The second-order valence-corrected chi connectivity index (χ2v) is 8.15. The molecule has 7 heteroatoms. The van der Waals surface area contributed by atoms with Crippen LogP contribution in [-0.4, -0.2) is 18.3 Å². The molecule has 1 heterocycles. The molecule has 3 aromatic rings. The molecule has 0 spiro atoms. The van der Waals surface area contributed by atoms with E-state index in [0.29, 0.717) is 38.9 Å². The van der Waals surface area contributed by atoms with Crippen LogP contribution in [0.2, 0.25) is 5.02 Å². The zero-order valence-corrected chi connectivity index (χ0v) is 19.5. The summed E-state index contributed by atoms with van der Waals surface area (Å²) in [5.41, 5.74) is 3.27. The Morgan fingerprint density at radius 3 is 2.56 bits per heavy atom. The van der Waals surface area contributed by atoms with Crippen LogP contribution in [0.5, 0.6) is 11.5 Å². The summed E-state index contributed by atoms with van der Waals surface area (Å²) in [6.07, 6.45) is 1.73. The van der Waals surface area contributed by atoms with E-state index in [1.165, 1.54) is 0 Å². The fourth-order valence-electron chi connectivity index (χ4n) is 3.22. The van der Waals surface area contributed by atoms with E-state index >= 15 is 0 Å². The third kappa shape index (κ3) is 4.87. The van der Waals surface area contributed by atoms with Gasteiger partial charge >= 0.3 is 5.97 Å². The molecular formula is C25H19BrClNO4. The van der Waals surface area contributed by atoms with Crippen molar-refractivity contribution in [2.45, 2.75) is 13.5 Å². The lowest BCUT2D eigenvalue weighted by atomic mass is 10.0. The lowest BCUT2D eigenvalue weighted by Gasteiger charge is -2.15. The molecule has 0 saturated carbocycles. The van der Waals surface area contributed by atoms with E-state index in [2.05, 4.69) is 21.1 Å². The van der Waals surface area contributed by atoms with E-state index in [0.717, 1.165) is 16.7 Å². The molecule has 0 N–H and O–H groups in total. The van der Waals surface area contributed by atoms with Crippen molar-refractivity contribution >= 4 is 45.3 Å². The van der Waals surface area contributed by atoms with Crippen LogP contribution in [0.25, 0.3) is 6.08 Å². The zero-order chi connectivity index (χ0) is 22.5. The maximum absolute atomic E-state index is 12.3. The van der Waals surface area contributed by atoms with Crippen molar-refractivity contribution in [2.75, 3.05) is 6.61 Å². The molecule has 0 saturated heterocycles. The van der Waals surface area contributed by atoms with Gasteiger partial charge in [0.25, 0.3) is 0 Å². The number of carbonyl (C=O) groups excluding carboxylic acids is 1. The van der Waals surface area contributed by atoms with Gasteiger partial charge in [0.2, 0.25) is 0 Å². The van der Waals surface area contributed by atoms with Crippen LogP contribution in [0.1, 0.15) is 23.6 Å². The van der Waals surface area contributed by atoms with Crippen LogP contribution >= 0.6 is 27.5 Å². The molecule has 0 aromatic heterocycles. The van der Waals surface area contributed by atoms with Gasteiger partial charge in [-0.25, -0.2) is 4.79 Å². The fourth-order valence-corrected chi connectivity index (χ4v) is 3.98. The minimum atomic E-state index is -0.503. The summed E-state index contributed by atoms with van der Waals surface area (Å²) in [4.78, 5) is 17.3. The van der Waals surface area contributed by atoms with Crippen LogP contribution in [0.3, 0.4) is 0 Å². The molecule has 1 aliphatic heterocycles. The molecule has 5 nitrogen and oxygen atoms in total. The third-order valence-corrected chi connectivity index (χ3v) is 5.67. The summed E-state index contributed by atoms with van der Waals surface area (Å²) in [6, 6.07) is 20.6. The highest BCUT2D eigenvalue weighted by atomic mass is 79.9.